The topological polar surface area (TPSA) is 41.6 Å². The van der Waals surface area contributed by atoms with Gasteiger partial charge in [-0.3, -0.25) is 0 Å². The normalized spacial score (nSPS) is 20.7. The van der Waals surface area contributed by atoms with Crippen molar-refractivity contribution in [2.75, 3.05) is 19.7 Å². The molecule has 1 saturated heterocycles. The Balaban J connectivity index is 1.95. The van der Waals surface area contributed by atoms with E-state index < -0.39 is 19.0 Å². The molecule has 0 saturated carbocycles. The first-order valence-corrected chi connectivity index (χ1v) is 8.74. The minimum Gasteiger partial charge on any atom is -0.377 e. The number of halogens is 2. The Hall–Kier alpha value is -1.69. The molecule has 4 nitrogen and oxygen atoms in total. The van der Waals surface area contributed by atoms with Crippen LogP contribution in [0.3, 0.4) is 0 Å². The molecule has 1 aliphatic rings. The summed E-state index contributed by atoms with van der Waals surface area (Å²) in [5.41, 5.74) is 0.813. The molecule has 1 N–H and O–H groups in total. The lowest BCUT2D eigenvalue weighted by Crippen LogP contribution is -2.45. The van der Waals surface area contributed by atoms with Crippen LogP contribution in [0.15, 0.2) is 30.3 Å². The van der Waals surface area contributed by atoms with Crippen molar-refractivity contribution in [2.45, 2.75) is 46.3 Å². The molecule has 1 heterocycles. The van der Waals surface area contributed by atoms with Crippen LogP contribution in [-0.4, -0.2) is 43.2 Å². The maximum absolute atomic E-state index is 12.9. The van der Waals surface area contributed by atoms with Crippen molar-refractivity contribution in [1.82, 2.24) is 10.2 Å². The van der Waals surface area contributed by atoms with Crippen molar-refractivity contribution in [1.29, 1.82) is 0 Å². The van der Waals surface area contributed by atoms with Crippen LogP contribution < -0.4 is 5.32 Å². The molecular formula is C19H28F2N2O2. The van der Waals surface area contributed by atoms with Gasteiger partial charge in [0.25, 0.3) is 6.43 Å². The number of alkyl halides is 2. The number of rotatable bonds is 6. The van der Waals surface area contributed by atoms with Crippen molar-refractivity contribution >= 4 is 6.03 Å². The first kappa shape index (κ1) is 19.6. The Morgan fingerprint density at radius 2 is 2.00 bits per heavy atom. The summed E-state index contributed by atoms with van der Waals surface area (Å²) in [6.07, 6.45) is -1.63. The van der Waals surface area contributed by atoms with Gasteiger partial charge in [-0.25, -0.2) is 13.6 Å². The summed E-state index contributed by atoms with van der Waals surface area (Å²) in [7, 11) is 0. The van der Waals surface area contributed by atoms with Gasteiger partial charge in [0.15, 0.2) is 0 Å². The van der Waals surface area contributed by atoms with Gasteiger partial charge < -0.3 is 15.0 Å². The number of urea groups is 1. The van der Waals surface area contributed by atoms with Crippen LogP contribution in [0.1, 0.15) is 32.8 Å². The van der Waals surface area contributed by atoms with Gasteiger partial charge in [0.2, 0.25) is 0 Å². The molecule has 0 bridgehead atoms. The van der Waals surface area contributed by atoms with E-state index in [0.717, 1.165) is 12.0 Å². The van der Waals surface area contributed by atoms with Gasteiger partial charge in [-0.15, -0.1) is 0 Å². The minimum absolute atomic E-state index is 0.0153. The van der Waals surface area contributed by atoms with E-state index in [1.54, 1.807) is 0 Å². The van der Waals surface area contributed by atoms with Gasteiger partial charge in [0.1, 0.15) is 0 Å². The standard InChI is InChI=1S/C19H28F2N2O2/c1-19(2,3)17-15(9-10-25-17)11-22-18(24)23(13-16(20)21)12-14-7-5-4-6-8-14/h4-8,15-17H,9-13H2,1-3H3,(H,22,24)/t15-,17+/m1/s1. The average molecular weight is 354 g/mol. The van der Waals surface area contributed by atoms with Gasteiger partial charge >= 0.3 is 6.03 Å². The lowest BCUT2D eigenvalue weighted by molar-refractivity contribution is 0.00739. The molecule has 1 aromatic rings. The zero-order valence-corrected chi connectivity index (χ0v) is 15.2. The SMILES string of the molecule is CC(C)(C)[C@H]1OCC[C@@H]1CNC(=O)N(Cc1ccccc1)CC(F)F. The van der Waals surface area contributed by atoms with Gasteiger partial charge in [-0.1, -0.05) is 51.1 Å². The second-order valence-electron chi connectivity index (χ2n) is 7.65. The number of hydrogen-bond acceptors (Lipinski definition) is 2. The molecule has 2 rings (SSSR count). The first-order chi connectivity index (χ1) is 11.8. The Kier molecular flexibility index (Phi) is 6.76. The van der Waals surface area contributed by atoms with Crippen LogP contribution in [0.25, 0.3) is 0 Å². The van der Waals surface area contributed by atoms with Crippen LogP contribution in [0.5, 0.6) is 0 Å². The molecule has 6 heteroatoms. The molecule has 0 aliphatic carbocycles. The molecule has 0 unspecified atom stereocenters. The largest absolute Gasteiger partial charge is 0.377 e. The molecule has 0 spiro atoms. The number of amides is 2. The first-order valence-electron chi connectivity index (χ1n) is 8.74. The zero-order chi connectivity index (χ0) is 18.4. The Morgan fingerprint density at radius 3 is 2.60 bits per heavy atom. The van der Waals surface area contributed by atoms with Crippen LogP contribution in [0.4, 0.5) is 13.6 Å². The van der Waals surface area contributed by atoms with Crippen molar-refractivity contribution in [3.8, 4) is 0 Å². The van der Waals surface area contributed by atoms with Crippen LogP contribution in [0, 0.1) is 11.3 Å². The molecule has 0 aromatic heterocycles. The summed E-state index contributed by atoms with van der Waals surface area (Å²) in [6.45, 7) is 7.02. The quantitative estimate of drug-likeness (QED) is 0.841. The number of benzene rings is 1. The summed E-state index contributed by atoms with van der Waals surface area (Å²) in [5.74, 6) is 0.203. The zero-order valence-electron chi connectivity index (χ0n) is 15.2. The highest BCUT2D eigenvalue weighted by Gasteiger charge is 2.37. The highest BCUT2D eigenvalue weighted by Crippen LogP contribution is 2.34. The van der Waals surface area contributed by atoms with E-state index in [9.17, 15) is 13.6 Å². The molecule has 1 aromatic carbocycles. The maximum Gasteiger partial charge on any atom is 0.317 e. The lowest BCUT2D eigenvalue weighted by atomic mass is 9.81. The number of carbonyl (C=O) groups excluding carboxylic acids is 1. The number of nitrogens with one attached hydrogen (secondary N) is 1. The highest BCUT2D eigenvalue weighted by atomic mass is 19.3. The fraction of sp³-hybridized carbons (Fsp3) is 0.632. The lowest BCUT2D eigenvalue weighted by Gasteiger charge is -2.32. The average Bonchev–Trinajstić information content (AvgIpc) is 3.01. The summed E-state index contributed by atoms with van der Waals surface area (Å²) in [6, 6.07) is 8.71. The number of ether oxygens (including phenoxy) is 1. The van der Waals surface area contributed by atoms with E-state index in [1.165, 1.54) is 4.90 Å². The van der Waals surface area contributed by atoms with E-state index in [2.05, 4.69) is 26.1 Å². The van der Waals surface area contributed by atoms with Gasteiger partial charge in [0, 0.05) is 25.6 Å². The van der Waals surface area contributed by atoms with Crippen molar-refractivity contribution in [3.05, 3.63) is 35.9 Å². The number of nitrogens with zero attached hydrogens (tertiary/aromatic N) is 1. The van der Waals surface area contributed by atoms with Gasteiger partial charge in [-0.2, -0.15) is 0 Å². The number of carbonyl (C=O) groups is 1. The second kappa shape index (κ2) is 8.61. The fourth-order valence-electron chi connectivity index (χ4n) is 3.32. The summed E-state index contributed by atoms with van der Waals surface area (Å²) in [5, 5.41) is 2.83. The van der Waals surface area contributed by atoms with E-state index in [0.29, 0.717) is 13.2 Å². The monoisotopic (exact) mass is 354 g/mol. The molecule has 1 aliphatic heterocycles. The molecule has 2 amide bonds. The predicted molar refractivity (Wildman–Crippen MR) is 93.6 cm³/mol. The number of hydrogen-bond donors (Lipinski definition) is 1. The molecule has 140 valence electrons. The molecule has 1 fully saturated rings. The van der Waals surface area contributed by atoms with Gasteiger partial charge in [0.05, 0.1) is 12.6 Å². The van der Waals surface area contributed by atoms with Crippen LogP contribution in [-0.2, 0) is 11.3 Å². The van der Waals surface area contributed by atoms with E-state index >= 15 is 0 Å². The third-order valence-electron chi connectivity index (χ3n) is 4.45. The summed E-state index contributed by atoms with van der Waals surface area (Å²) < 4.78 is 31.5. The highest BCUT2D eigenvalue weighted by molar-refractivity contribution is 5.74. The van der Waals surface area contributed by atoms with Crippen molar-refractivity contribution in [2.24, 2.45) is 11.3 Å². The summed E-state index contributed by atoms with van der Waals surface area (Å²) >= 11 is 0. The summed E-state index contributed by atoms with van der Waals surface area (Å²) in [4.78, 5) is 13.6. The smallest absolute Gasteiger partial charge is 0.317 e. The maximum atomic E-state index is 12.9. The Bertz CT molecular complexity index is 546. The van der Waals surface area contributed by atoms with Gasteiger partial charge in [-0.05, 0) is 17.4 Å². The second-order valence-corrected chi connectivity index (χ2v) is 7.65. The predicted octanol–water partition coefficient (Wildman–Crippen LogP) is 3.91. The van der Waals surface area contributed by atoms with E-state index in [4.69, 9.17) is 4.74 Å². The molecule has 0 radical (unpaired) electrons. The van der Waals surface area contributed by atoms with Crippen LogP contribution >= 0.6 is 0 Å². The fourth-order valence-corrected chi connectivity index (χ4v) is 3.32. The minimum atomic E-state index is -2.56. The Labute approximate surface area is 148 Å². The third-order valence-corrected chi connectivity index (χ3v) is 4.45. The van der Waals surface area contributed by atoms with Crippen LogP contribution in [0.2, 0.25) is 0 Å². The van der Waals surface area contributed by atoms with Crippen molar-refractivity contribution in [3.63, 3.8) is 0 Å². The third kappa shape index (κ3) is 5.96. The van der Waals surface area contributed by atoms with E-state index in [1.807, 2.05) is 30.3 Å². The molecular weight excluding hydrogens is 326 g/mol. The van der Waals surface area contributed by atoms with Crippen molar-refractivity contribution < 1.29 is 18.3 Å². The molecule has 25 heavy (non-hydrogen) atoms. The molecule has 2 atom stereocenters. The Morgan fingerprint density at radius 1 is 1.32 bits per heavy atom. The van der Waals surface area contributed by atoms with E-state index in [-0.39, 0.29) is 24.0 Å².